The Hall–Kier alpha value is -0.120. The van der Waals surface area contributed by atoms with Gasteiger partial charge in [0.25, 0.3) is 0 Å². The molecule has 3 heteroatoms. The highest BCUT2D eigenvalue weighted by Crippen LogP contribution is 2.44. The summed E-state index contributed by atoms with van der Waals surface area (Å²) in [6.45, 7) is 12.4. The Labute approximate surface area is 153 Å². The van der Waals surface area contributed by atoms with E-state index in [1.807, 2.05) is 20.8 Å². The zero-order chi connectivity index (χ0) is 16.6. The first-order chi connectivity index (χ1) is 9.59. The maximum atomic E-state index is 9.64. The van der Waals surface area contributed by atoms with Crippen LogP contribution in [0.5, 0.6) is 0 Å². The van der Waals surface area contributed by atoms with Crippen LogP contribution in [0.2, 0.25) is 0 Å². The highest BCUT2D eigenvalue weighted by atomic mass is 16.3. The van der Waals surface area contributed by atoms with Crippen LogP contribution in [0, 0.1) is 17.3 Å². The van der Waals surface area contributed by atoms with Crippen molar-refractivity contribution < 1.29 is 15.3 Å². The van der Waals surface area contributed by atoms with Gasteiger partial charge < -0.3 is 15.3 Å². The van der Waals surface area contributed by atoms with Gasteiger partial charge in [-0.3, -0.25) is 0 Å². The van der Waals surface area contributed by atoms with Crippen LogP contribution in [0.15, 0.2) is 0 Å². The topological polar surface area (TPSA) is 60.7 Å². The van der Waals surface area contributed by atoms with Crippen molar-refractivity contribution in [1.82, 2.24) is 0 Å². The predicted octanol–water partition coefficient (Wildman–Crippen LogP) is 5.66. The van der Waals surface area contributed by atoms with Gasteiger partial charge in [-0.1, -0.05) is 43.1 Å². The lowest BCUT2D eigenvalue weighted by molar-refractivity contribution is 0.0472. The van der Waals surface area contributed by atoms with Gasteiger partial charge in [-0.15, -0.1) is 0 Å². The van der Waals surface area contributed by atoms with Crippen molar-refractivity contribution >= 4 is 0 Å². The molecule has 0 radical (unpaired) electrons. The van der Waals surface area contributed by atoms with Crippen LogP contribution in [-0.2, 0) is 0 Å². The third-order valence-electron chi connectivity index (χ3n) is 5.39. The third kappa shape index (κ3) is 12.3. The second kappa shape index (κ2) is 15.2. The summed E-state index contributed by atoms with van der Waals surface area (Å²) < 4.78 is 0. The molecule has 0 saturated heterocycles. The summed E-state index contributed by atoms with van der Waals surface area (Å²) in [5, 5.41) is 28.7. The second-order valence-corrected chi connectivity index (χ2v) is 7.55. The van der Waals surface area contributed by atoms with Crippen molar-refractivity contribution in [2.75, 3.05) is 0 Å². The zero-order valence-corrected chi connectivity index (χ0v) is 15.0. The average molecular weight is 351 g/mol. The molecule has 152 valence electrons. The van der Waals surface area contributed by atoms with E-state index in [0.29, 0.717) is 11.8 Å². The summed E-state index contributed by atoms with van der Waals surface area (Å²) in [5.74, 6) is 0.990. The maximum Gasteiger partial charge on any atom is 0.0512 e. The van der Waals surface area contributed by atoms with Crippen molar-refractivity contribution in [3.05, 3.63) is 0 Å². The molecule has 0 aliphatic heterocycles. The summed E-state index contributed by atoms with van der Waals surface area (Å²) in [7, 11) is 0. The Morgan fingerprint density at radius 3 is 1.12 bits per heavy atom. The molecule has 3 N–H and O–H groups in total. The van der Waals surface area contributed by atoms with Crippen molar-refractivity contribution in [2.45, 2.75) is 121 Å². The molecule has 0 saturated carbocycles. The van der Waals surface area contributed by atoms with Gasteiger partial charge in [0.05, 0.1) is 18.3 Å². The molecule has 0 fully saturated rings. The molecule has 0 heterocycles. The van der Waals surface area contributed by atoms with Gasteiger partial charge in [0.1, 0.15) is 0 Å². The van der Waals surface area contributed by atoms with E-state index in [9.17, 15) is 15.3 Å². The molecular weight excluding hydrogens is 300 g/mol. The van der Waals surface area contributed by atoms with Crippen LogP contribution in [0.4, 0.5) is 0 Å². The van der Waals surface area contributed by atoms with Crippen LogP contribution in [0.3, 0.4) is 0 Å². The van der Waals surface area contributed by atoms with E-state index in [1.165, 1.54) is 0 Å². The van der Waals surface area contributed by atoms with Crippen LogP contribution >= 0.6 is 0 Å². The highest BCUT2D eigenvalue weighted by molar-refractivity contribution is 4.86. The Morgan fingerprint density at radius 2 is 0.875 bits per heavy atom. The molecule has 0 bridgehead atoms. The fourth-order valence-electron chi connectivity index (χ4n) is 3.14. The van der Waals surface area contributed by atoms with Gasteiger partial charge >= 0.3 is 0 Å². The van der Waals surface area contributed by atoms with Gasteiger partial charge in [0, 0.05) is 0 Å². The van der Waals surface area contributed by atoms with Crippen molar-refractivity contribution in [3.63, 3.8) is 0 Å². The summed E-state index contributed by atoms with van der Waals surface area (Å²) in [5.41, 5.74) is 0.140. The first kappa shape index (κ1) is 31.6. The normalized spacial score (nSPS) is 19.4. The van der Waals surface area contributed by atoms with Gasteiger partial charge in [-0.05, 0) is 76.5 Å². The Bertz CT molecular complexity index is 244. The van der Waals surface area contributed by atoms with E-state index in [4.69, 9.17) is 0 Å². The van der Waals surface area contributed by atoms with Crippen LogP contribution in [0.1, 0.15) is 102 Å². The molecule has 5 unspecified atom stereocenters. The lowest BCUT2D eigenvalue weighted by atomic mass is 9.63. The summed E-state index contributed by atoms with van der Waals surface area (Å²) in [4.78, 5) is 0. The molecule has 0 aliphatic rings. The first-order valence-electron chi connectivity index (χ1n) is 8.63. The molecule has 0 aromatic heterocycles. The number of hydrogen-bond donors (Lipinski definition) is 3. The molecule has 24 heavy (non-hydrogen) atoms. The minimum atomic E-state index is -0.266. The van der Waals surface area contributed by atoms with Gasteiger partial charge in [0.2, 0.25) is 0 Å². The van der Waals surface area contributed by atoms with Gasteiger partial charge in [0.15, 0.2) is 0 Å². The standard InChI is InChI=1S/C18H38O3.3CH4/c1-13(7-9-15(3)19)18(6,12-11-17(5)21)14(2)8-10-16(4)20;;;/h13-17,19-21H,7-12H2,1-6H3;3*1H4. The van der Waals surface area contributed by atoms with Crippen molar-refractivity contribution in [1.29, 1.82) is 0 Å². The summed E-state index contributed by atoms with van der Waals surface area (Å²) in [6, 6.07) is 0. The fraction of sp³-hybridized carbons (Fsp3) is 1.00. The summed E-state index contributed by atoms with van der Waals surface area (Å²) in [6.07, 6.45) is 4.71. The molecule has 0 aromatic rings. The quantitative estimate of drug-likeness (QED) is 0.451. The molecule has 0 amide bonds. The third-order valence-corrected chi connectivity index (χ3v) is 5.39. The minimum absolute atomic E-state index is 0. The van der Waals surface area contributed by atoms with E-state index >= 15 is 0 Å². The molecule has 0 aliphatic carbocycles. The van der Waals surface area contributed by atoms with Crippen molar-refractivity contribution in [3.8, 4) is 0 Å². The largest absolute Gasteiger partial charge is 0.393 e. The Balaban J connectivity index is -0.000000667. The lowest BCUT2D eigenvalue weighted by Crippen LogP contribution is -2.34. The molecule has 0 aromatic carbocycles. The zero-order valence-electron chi connectivity index (χ0n) is 15.0. The SMILES string of the molecule is C.C.C.CC(O)CCC(C)C(C)(CCC(C)O)C(C)CCC(C)O. The highest BCUT2D eigenvalue weighted by Gasteiger charge is 2.36. The molecule has 0 rings (SSSR count). The van der Waals surface area contributed by atoms with Crippen LogP contribution < -0.4 is 0 Å². The first-order valence-corrected chi connectivity index (χ1v) is 8.63. The lowest BCUT2D eigenvalue weighted by Gasteiger charge is -2.42. The fourth-order valence-corrected chi connectivity index (χ4v) is 3.14. The number of rotatable bonds is 11. The van der Waals surface area contributed by atoms with E-state index < -0.39 is 0 Å². The van der Waals surface area contributed by atoms with Gasteiger partial charge in [-0.25, -0.2) is 0 Å². The Kier molecular flexibility index (Phi) is 20.0. The maximum absolute atomic E-state index is 9.64. The Morgan fingerprint density at radius 1 is 0.583 bits per heavy atom. The van der Waals surface area contributed by atoms with E-state index in [0.717, 1.165) is 38.5 Å². The van der Waals surface area contributed by atoms with Gasteiger partial charge in [-0.2, -0.15) is 0 Å². The second-order valence-electron chi connectivity index (χ2n) is 7.55. The smallest absolute Gasteiger partial charge is 0.0512 e. The molecular formula is C21H50O3. The number of aliphatic hydroxyl groups excluding tert-OH is 3. The van der Waals surface area contributed by atoms with Crippen LogP contribution in [-0.4, -0.2) is 33.6 Å². The van der Waals surface area contributed by atoms with Crippen molar-refractivity contribution in [2.24, 2.45) is 17.3 Å². The minimum Gasteiger partial charge on any atom is -0.393 e. The monoisotopic (exact) mass is 350 g/mol. The number of hydrogen-bond acceptors (Lipinski definition) is 3. The molecule has 3 nitrogen and oxygen atoms in total. The molecule has 5 atom stereocenters. The summed E-state index contributed by atoms with van der Waals surface area (Å²) >= 11 is 0. The predicted molar refractivity (Wildman–Crippen MR) is 109 cm³/mol. The average Bonchev–Trinajstić information content (AvgIpc) is 2.38. The molecule has 0 spiro atoms. The van der Waals surface area contributed by atoms with E-state index in [2.05, 4.69) is 20.8 Å². The van der Waals surface area contributed by atoms with E-state index in [1.54, 1.807) is 0 Å². The number of aliphatic hydroxyl groups is 3. The van der Waals surface area contributed by atoms with Crippen LogP contribution in [0.25, 0.3) is 0 Å². The van der Waals surface area contributed by atoms with E-state index in [-0.39, 0.29) is 46.0 Å².